The van der Waals surface area contributed by atoms with Crippen molar-refractivity contribution in [1.82, 2.24) is 9.55 Å². The number of fused-ring (bicyclic) bond motifs is 1. The van der Waals surface area contributed by atoms with Crippen LogP contribution in [-0.2, 0) is 6.54 Å². The molecule has 7 heteroatoms. The van der Waals surface area contributed by atoms with E-state index in [1.807, 2.05) is 24.3 Å². The molecule has 170 valence electrons. The summed E-state index contributed by atoms with van der Waals surface area (Å²) in [5, 5.41) is 12.2. The predicted molar refractivity (Wildman–Crippen MR) is 132 cm³/mol. The maximum absolute atomic E-state index is 13.2. The highest BCUT2D eigenvalue weighted by molar-refractivity contribution is 5.93. The number of para-hydroxylation sites is 1. The van der Waals surface area contributed by atoms with Gasteiger partial charge in [0.2, 0.25) is 0 Å². The standard InChI is InChI=1S/C27H23N3O4/c1-4-15-34-22-13-14-25-23(16-22)26(20-11-9-19(10-12-20)18(2)3)28-27(31)29(25)17-21-7-5-6-8-24(21)30(32)33/h1,5-14,16,18H,15,17H2,2-3H3. The van der Waals surface area contributed by atoms with E-state index in [0.29, 0.717) is 33.8 Å². The van der Waals surface area contributed by atoms with Crippen LogP contribution in [0.2, 0.25) is 0 Å². The van der Waals surface area contributed by atoms with E-state index >= 15 is 0 Å². The fraction of sp³-hybridized carbons (Fsp3) is 0.185. The van der Waals surface area contributed by atoms with Crippen molar-refractivity contribution in [2.75, 3.05) is 6.61 Å². The maximum Gasteiger partial charge on any atom is 0.348 e. The quantitative estimate of drug-likeness (QED) is 0.219. The zero-order valence-corrected chi connectivity index (χ0v) is 18.9. The van der Waals surface area contributed by atoms with Gasteiger partial charge in [0.05, 0.1) is 22.7 Å². The SMILES string of the molecule is C#CCOc1ccc2c(c1)c(-c1ccc(C(C)C)cc1)nc(=O)n2Cc1ccccc1[N+](=O)[O-]. The van der Waals surface area contributed by atoms with Crippen LogP contribution < -0.4 is 10.4 Å². The topological polar surface area (TPSA) is 87.3 Å². The van der Waals surface area contributed by atoms with E-state index in [2.05, 4.69) is 24.8 Å². The molecule has 0 bridgehead atoms. The molecule has 4 rings (SSSR count). The number of hydrogen-bond donors (Lipinski definition) is 0. The summed E-state index contributed by atoms with van der Waals surface area (Å²) in [4.78, 5) is 28.6. The highest BCUT2D eigenvalue weighted by Crippen LogP contribution is 2.30. The van der Waals surface area contributed by atoms with Gasteiger partial charge in [0.15, 0.2) is 0 Å². The summed E-state index contributed by atoms with van der Waals surface area (Å²) in [5.74, 6) is 3.36. The minimum atomic E-state index is -0.495. The van der Waals surface area contributed by atoms with Crippen LogP contribution in [-0.4, -0.2) is 21.1 Å². The average molecular weight is 453 g/mol. The first-order valence-electron chi connectivity index (χ1n) is 10.8. The monoisotopic (exact) mass is 453 g/mol. The van der Waals surface area contributed by atoms with Crippen molar-refractivity contribution in [1.29, 1.82) is 0 Å². The molecule has 0 spiro atoms. The molecule has 0 aliphatic rings. The van der Waals surface area contributed by atoms with E-state index in [-0.39, 0.29) is 18.8 Å². The van der Waals surface area contributed by atoms with Crippen LogP contribution in [0.15, 0.2) is 71.5 Å². The Hall–Kier alpha value is -4.44. The van der Waals surface area contributed by atoms with Crippen LogP contribution in [0.5, 0.6) is 5.75 Å². The number of rotatable bonds is 7. The third-order valence-electron chi connectivity index (χ3n) is 5.64. The van der Waals surface area contributed by atoms with Gasteiger partial charge >= 0.3 is 5.69 Å². The average Bonchev–Trinajstić information content (AvgIpc) is 2.84. The van der Waals surface area contributed by atoms with Crippen LogP contribution in [0.4, 0.5) is 5.69 Å². The van der Waals surface area contributed by atoms with E-state index in [0.717, 1.165) is 5.56 Å². The first-order chi connectivity index (χ1) is 16.4. The second-order valence-corrected chi connectivity index (χ2v) is 8.16. The van der Waals surface area contributed by atoms with Gasteiger partial charge in [-0.05, 0) is 29.7 Å². The summed E-state index contributed by atoms with van der Waals surface area (Å²) < 4.78 is 7.04. The molecule has 0 aliphatic heterocycles. The Labute approximate surface area is 196 Å². The Bertz CT molecular complexity index is 1460. The van der Waals surface area contributed by atoms with Gasteiger partial charge in [0, 0.05) is 22.6 Å². The molecule has 1 heterocycles. The van der Waals surface area contributed by atoms with E-state index in [4.69, 9.17) is 11.2 Å². The summed E-state index contributed by atoms with van der Waals surface area (Å²) in [7, 11) is 0. The molecule has 0 amide bonds. The number of nitrogens with zero attached hydrogens (tertiary/aromatic N) is 3. The van der Waals surface area contributed by atoms with Crippen molar-refractivity contribution in [2.45, 2.75) is 26.3 Å². The van der Waals surface area contributed by atoms with Gasteiger partial charge in [-0.25, -0.2) is 4.79 Å². The Morgan fingerprint density at radius 3 is 2.53 bits per heavy atom. The second kappa shape index (κ2) is 9.59. The molecule has 0 saturated carbocycles. The van der Waals surface area contributed by atoms with Gasteiger partial charge in [0.25, 0.3) is 5.69 Å². The molecule has 0 radical (unpaired) electrons. The lowest BCUT2D eigenvalue weighted by atomic mass is 9.99. The summed E-state index contributed by atoms with van der Waals surface area (Å²) in [6.45, 7) is 4.34. The molecule has 0 fully saturated rings. The zero-order chi connectivity index (χ0) is 24.2. The Balaban J connectivity index is 1.91. The minimum absolute atomic E-state index is 0.0105. The summed E-state index contributed by atoms with van der Waals surface area (Å²) in [5.41, 5.74) is 2.94. The lowest BCUT2D eigenvalue weighted by molar-refractivity contribution is -0.385. The predicted octanol–water partition coefficient (Wildman–Crippen LogP) is 5.16. The van der Waals surface area contributed by atoms with E-state index < -0.39 is 10.6 Å². The fourth-order valence-corrected chi connectivity index (χ4v) is 3.87. The molecule has 3 aromatic carbocycles. The largest absolute Gasteiger partial charge is 0.481 e. The van der Waals surface area contributed by atoms with Crippen LogP contribution in [0, 0.1) is 22.5 Å². The number of ether oxygens (including phenoxy) is 1. The summed E-state index contributed by atoms with van der Waals surface area (Å²) in [6, 6.07) is 19.6. The van der Waals surface area contributed by atoms with E-state index in [1.54, 1.807) is 36.4 Å². The smallest absolute Gasteiger partial charge is 0.348 e. The molecule has 4 aromatic rings. The first kappa shape index (κ1) is 22.7. The molecule has 7 nitrogen and oxygen atoms in total. The second-order valence-electron chi connectivity index (χ2n) is 8.16. The number of terminal acetylenes is 1. The number of nitro benzene ring substituents is 1. The maximum atomic E-state index is 13.2. The van der Waals surface area contributed by atoms with Crippen molar-refractivity contribution in [3.63, 3.8) is 0 Å². The molecule has 0 N–H and O–H groups in total. The highest BCUT2D eigenvalue weighted by atomic mass is 16.6. The van der Waals surface area contributed by atoms with Crippen molar-refractivity contribution >= 4 is 16.6 Å². The van der Waals surface area contributed by atoms with Gasteiger partial charge in [-0.3, -0.25) is 14.7 Å². The number of benzene rings is 3. The molecule has 0 saturated heterocycles. The molecule has 34 heavy (non-hydrogen) atoms. The summed E-state index contributed by atoms with van der Waals surface area (Å²) in [6.07, 6.45) is 5.33. The van der Waals surface area contributed by atoms with Gasteiger partial charge < -0.3 is 4.74 Å². The number of aromatic nitrogens is 2. The third-order valence-corrected chi connectivity index (χ3v) is 5.64. The lowest BCUT2D eigenvalue weighted by Crippen LogP contribution is -2.25. The first-order valence-corrected chi connectivity index (χ1v) is 10.8. The Kier molecular flexibility index (Phi) is 6.42. The molecule has 0 unspecified atom stereocenters. The van der Waals surface area contributed by atoms with E-state index in [9.17, 15) is 14.9 Å². The van der Waals surface area contributed by atoms with Crippen molar-refractivity contribution in [3.05, 3.63) is 98.5 Å². The molecule has 1 aromatic heterocycles. The molecule has 0 aliphatic carbocycles. The highest BCUT2D eigenvalue weighted by Gasteiger charge is 2.18. The van der Waals surface area contributed by atoms with E-state index in [1.165, 1.54) is 16.2 Å². The normalized spacial score (nSPS) is 10.9. The van der Waals surface area contributed by atoms with Gasteiger partial charge in [-0.2, -0.15) is 4.98 Å². The molecule has 0 atom stereocenters. The van der Waals surface area contributed by atoms with Gasteiger partial charge in [-0.1, -0.05) is 62.2 Å². The van der Waals surface area contributed by atoms with Crippen molar-refractivity contribution in [2.24, 2.45) is 0 Å². The van der Waals surface area contributed by atoms with Gasteiger partial charge in [0.1, 0.15) is 12.4 Å². The molecular weight excluding hydrogens is 430 g/mol. The zero-order valence-electron chi connectivity index (χ0n) is 18.9. The van der Waals surface area contributed by atoms with Crippen LogP contribution in [0.25, 0.3) is 22.2 Å². The third kappa shape index (κ3) is 4.52. The lowest BCUT2D eigenvalue weighted by Gasteiger charge is -2.15. The van der Waals surface area contributed by atoms with Gasteiger partial charge in [-0.15, -0.1) is 6.42 Å². The van der Waals surface area contributed by atoms with Crippen LogP contribution in [0.3, 0.4) is 0 Å². The number of hydrogen-bond acceptors (Lipinski definition) is 5. The molecular formula is C27H23N3O4. The van der Waals surface area contributed by atoms with Crippen molar-refractivity contribution < 1.29 is 9.66 Å². The summed E-state index contributed by atoms with van der Waals surface area (Å²) >= 11 is 0. The fourth-order valence-electron chi connectivity index (χ4n) is 3.87. The Morgan fingerprint density at radius 1 is 1.12 bits per heavy atom. The van der Waals surface area contributed by atoms with Crippen LogP contribution >= 0.6 is 0 Å². The van der Waals surface area contributed by atoms with Crippen LogP contribution in [0.1, 0.15) is 30.9 Å². The minimum Gasteiger partial charge on any atom is -0.481 e. The Morgan fingerprint density at radius 2 is 1.85 bits per heavy atom. The van der Waals surface area contributed by atoms with Crippen molar-refractivity contribution in [3.8, 4) is 29.4 Å². The number of nitro groups is 1.